The Morgan fingerprint density at radius 2 is 2.06 bits per heavy atom. The molecule has 0 atom stereocenters. The lowest BCUT2D eigenvalue weighted by atomic mass is 10.2. The van der Waals surface area contributed by atoms with E-state index in [0.717, 1.165) is 0 Å². The largest absolute Gasteiger partial charge is 0.454 e. The van der Waals surface area contributed by atoms with Crippen molar-refractivity contribution in [1.82, 2.24) is 4.98 Å². The summed E-state index contributed by atoms with van der Waals surface area (Å²) in [5.74, 6) is -1.04. The van der Waals surface area contributed by atoms with Crippen LogP contribution in [0.3, 0.4) is 0 Å². The summed E-state index contributed by atoms with van der Waals surface area (Å²) < 4.78 is 5.03. The maximum Gasteiger partial charge on any atom is 0.383 e. The average Bonchev–Trinajstić information content (AvgIpc) is 2.15. The zero-order valence-electron chi connectivity index (χ0n) is 9.26. The van der Waals surface area contributed by atoms with E-state index in [1.54, 1.807) is 20.8 Å². The lowest BCUT2D eigenvalue weighted by Crippen LogP contribution is -2.24. The number of nitro groups is 1. The van der Waals surface area contributed by atoms with E-state index in [-0.39, 0.29) is 11.5 Å². The monoisotopic (exact) mass is 224 g/mol. The molecular weight excluding hydrogens is 212 g/mol. The molecule has 0 aromatic carbocycles. The van der Waals surface area contributed by atoms with E-state index in [0.29, 0.717) is 0 Å². The fourth-order valence-corrected chi connectivity index (χ4v) is 0.969. The Balaban J connectivity index is 2.92. The van der Waals surface area contributed by atoms with Gasteiger partial charge in [-0.3, -0.25) is 0 Å². The van der Waals surface area contributed by atoms with Gasteiger partial charge in [0.1, 0.15) is 5.60 Å². The summed E-state index contributed by atoms with van der Waals surface area (Å²) in [5, 5.41) is 10.5. The Hall–Kier alpha value is -1.98. The van der Waals surface area contributed by atoms with Crippen LogP contribution in [0.25, 0.3) is 0 Å². The van der Waals surface area contributed by atoms with Gasteiger partial charge >= 0.3 is 11.8 Å². The van der Waals surface area contributed by atoms with Crippen LogP contribution < -0.4 is 0 Å². The highest BCUT2D eigenvalue weighted by molar-refractivity contribution is 5.87. The fraction of sp³-hybridized carbons (Fsp3) is 0.400. The molecule has 1 heterocycles. The van der Waals surface area contributed by atoms with Crippen molar-refractivity contribution >= 4 is 11.8 Å². The van der Waals surface area contributed by atoms with Gasteiger partial charge in [-0.05, 0) is 42.8 Å². The van der Waals surface area contributed by atoms with E-state index in [1.807, 2.05) is 0 Å². The molecule has 0 fully saturated rings. The van der Waals surface area contributed by atoms with Crippen LogP contribution in [0.15, 0.2) is 18.2 Å². The van der Waals surface area contributed by atoms with E-state index in [1.165, 1.54) is 18.2 Å². The molecule has 0 unspecified atom stereocenters. The Kier molecular flexibility index (Phi) is 3.22. The SMILES string of the molecule is CC(C)(C)OC(=O)c1cccc([N+](=O)[O-])n1. The molecule has 0 aliphatic rings. The van der Waals surface area contributed by atoms with Crippen molar-refractivity contribution in [2.24, 2.45) is 0 Å². The quantitative estimate of drug-likeness (QED) is 0.435. The second kappa shape index (κ2) is 4.26. The molecule has 86 valence electrons. The summed E-state index contributed by atoms with van der Waals surface area (Å²) in [4.78, 5) is 24.9. The van der Waals surface area contributed by atoms with Crippen LogP contribution in [0, 0.1) is 10.1 Å². The number of hydrogen-bond acceptors (Lipinski definition) is 5. The molecule has 0 amide bonds. The molecule has 0 saturated carbocycles. The van der Waals surface area contributed by atoms with Crippen molar-refractivity contribution < 1.29 is 14.5 Å². The molecule has 0 bridgehead atoms. The third kappa shape index (κ3) is 3.30. The average molecular weight is 224 g/mol. The molecule has 1 aromatic rings. The minimum absolute atomic E-state index is 0.0656. The minimum atomic E-state index is -0.670. The molecule has 0 saturated heterocycles. The number of esters is 1. The maximum absolute atomic E-state index is 11.5. The molecule has 6 nitrogen and oxygen atoms in total. The fourth-order valence-electron chi connectivity index (χ4n) is 0.969. The number of pyridine rings is 1. The van der Waals surface area contributed by atoms with Gasteiger partial charge in [0, 0.05) is 6.07 Å². The summed E-state index contributed by atoms with van der Waals surface area (Å²) in [6.07, 6.45) is 0. The first-order valence-corrected chi connectivity index (χ1v) is 4.64. The second-order valence-corrected chi connectivity index (χ2v) is 4.14. The van der Waals surface area contributed by atoms with Crippen LogP contribution in [0.5, 0.6) is 0 Å². The minimum Gasteiger partial charge on any atom is -0.454 e. The molecule has 0 N–H and O–H groups in total. The van der Waals surface area contributed by atoms with Gasteiger partial charge in [-0.1, -0.05) is 0 Å². The molecule has 16 heavy (non-hydrogen) atoms. The van der Waals surface area contributed by atoms with Crippen LogP contribution in [0.2, 0.25) is 0 Å². The number of hydrogen-bond donors (Lipinski definition) is 0. The highest BCUT2D eigenvalue weighted by Crippen LogP contribution is 2.13. The third-order valence-corrected chi connectivity index (χ3v) is 1.53. The number of rotatable bonds is 2. The molecular formula is C10H12N2O4. The van der Waals surface area contributed by atoms with Gasteiger partial charge in [-0.15, -0.1) is 0 Å². The number of carbonyl (C=O) groups is 1. The van der Waals surface area contributed by atoms with Gasteiger partial charge in [0.2, 0.25) is 0 Å². The standard InChI is InChI=1S/C10H12N2O4/c1-10(2,3)16-9(13)7-5-4-6-8(11-7)12(14)15/h4-6H,1-3H3. The molecule has 1 rings (SSSR count). The lowest BCUT2D eigenvalue weighted by Gasteiger charge is -2.17. The number of nitrogens with zero attached hydrogens (tertiary/aromatic N) is 2. The zero-order chi connectivity index (χ0) is 12.3. The normalized spacial score (nSPS) is 10.9. The summed E-state index contributed by atoms with van der Waals surface area (Å²) in [6.45, 7) is 5.13. The molecule has 0 spiro atoms. The Morgan fingerprint density at radius 3 is 2.56 bits per heavy atom. The first-order chi connectivity index (χ1) is 7.29. The highest BCUT2D eigenvalue weighted by atomic mass is 16.6. The van der Waals surface area contributed by atoms with Gasteiger partial charge < -0.3 is 14.9 Å². The first-order valence-electron chi connectivity index (χ1n) is 4.64. The van der Waals surface area contributed by atoms with Crippen molar-refractivity contribution in [3.05, 3.63) is 34.0 Å². The second-order valence-electron chi connectivity index (χ2n) is 4.14. The first kappa shape index (κ1) is 12.1. The molecule has 0 aliphatic carbocycles. The molecule has 0 radical (unpaired) electrons. The number of aromatic nitrogens is 1. The van der Waals surface area contributed by atoms with E-state index in [2.05, 4.69) is 4.98 Å². The van der Waals surface area contributed by atoms with Crippen molar-refractivity contribution in [2.75, 3.05) is 0 Å². The Morgan fingerprint density at radius 1 is 1.44 bits per heavy atom. The Bertz CT molecular complexity index is 423. The smallest absolute Gasteiger partial charge is 0.383 e. The van der Waals surface area contributed by atoms with Crippen molar-refractivity contribution in [1.29, 1.82) is 0 Å². The van der Waals surface area contributed by atoms with Gasteiger partial charge in [0.25, 0.3) is 5.69 Å². The van der Waals surface area contributed by atoms with Crippen LogP contribution in [0.1, 0.15) is 31.3 Å². The third-order valence-electron chi connectivity index (χ3n) is 1.53. The van der Waals surface area contributed by atoms with Gasteiger partial charge in [0.05, 0.1) is 0 Å². The predicted molar refractivity (Wildman–Crippen MR) is 56.1 cm³/mol. The Labute approximate surface area is 92.4 Å². The summed E-state index contributed by atoms with van der Waals surface area (Å²) in [5.41, 5.74) is -0.715. The van der Waals surface area contributed by atoms with E-state index in [4.69, 9.17) is 4.74 Å². The van der Waals surface area contributed by atoms with Crippen LogP contribution >= 0.6 is 0 Å². The van der Waals surface area contributed by atoms with Crippen LogP contribution in [-0.2, 0) is 4.74 Å². The summed E-state index contributed by atoms with van der Waals surface area (Å²) >= 11 is 0. The van der Waals surface area contributed by atoms with E-state index >= 15 is 0 Å². The van der Waals surface area contributed by atoms with Gasteiger partial charge in [-0.2, -0.15) is 0 Å². The number of ether oxygens (including phenoxy) is 1. The summed E-state index contributed by atoms with van der Waals surface area (Å²) in [7, 11) is 0. The predicted octanol–water partition coefficient (Wildman–Crippen LogP) is 1.95. The van der Waals surface area contributed by atoms with Crippen molar-refractivity contribution in [3.8, 4) is 0 Å². The number of carbonyl (C=O) groups excluding carboxylic acids is 1. The molecule has 0 aliphatic heterocycles. The van der Waals surface area contributed by atoms with Gasteiger partial charge in [0.15, 0.2) is 0 Å². The van der Waals surface area contributed by atoms with Crippen LogP contribution in [0.4, 0.5) is 5.82 Å². The summed E-state index contributed by atoms with van der Waals surface area (Å²) in [6, 6.07) is 3.99. The van der Waals surface area contributed by atoms with Crippen LogP contribution in [-0.4, -0.2) is 21.5 Å². The molecule has 1 aromatic heterocycles. The van der Waals surface area contributed by atoms with E-state index in [9.17, 15) is 14.9 Å². The van der Waals surface area contributed by atoms with E-state index < -0.39 is 16.5 Å². The topological polar surface area (TPSA) is 82.3 Å². The lowest BCUT2D eigenvalue weighted by molar-refractivity contribution is -0.389. The van der Waals surface area contributed by atoms with Crippen molar-refractivity contribution in [2.45, 2.75) is 26.4 Å². The highest BCUT2D eigenvalue weighted by Gasteiger charge is 2.23. The zero-order valence-corrected chi connectivity index (χ0v) is 9.26. The molecule has 6 heteroatoms. The maximum atomic E-state index is 11.5. The van der Waals surface area contributed by atoms with Crippen molar-refractivity contribution in [3.63, 3.8) is 0 Å². The van der Waals surface area contributed by atoms with Gasteiger partial charge in [-0.25, -0.2) is 4.79 Å².